The number of aryl methyl sites for hydroxylation is 2. The summed E-state index contributed by atoms with van der Waals surface area (Å²) in [6.07, 6.45) is 3.81. The van der Waals surface area contributed by atoms with E-state index in [0.717, 1.165) is 29.8 Å². The third-order valence-electron chi connectivity index (χ3n) is 3.77. The molecule has 4 nitrogen and oxygen atoms in total. The maximum absolute atomic E-state index is 11.1. The average molecular weight is 268 g/mol. The number of carboxylic acid groups (broad SMARTS) is 1. The number of nitrogens with one attached hydrogen (secondary N) is 1. The van der Waals surface area contributed by atoms with Crippen molar-refractivity contribution in [2.75, 3.05) is 5.32 Å². The summed E-state index contributed by atoms with van der Waals surface area (Å²) in [6, 6.07) is 9.37. The summed E-state index contributed by atoms with van der Waals surface area (Å²) < 4.78 is 0. The Balaban J connectivity index is 1.89. The van der Waals surface area contributed by atoms with E-state index in [1.165, 1.54) is 5.56 Å². The number of hydrogen-bond acceptors (Lipinski definition) is 3. The standard InChI is InChI=1S/C16H16N2O2/c1-10-4-5-12(16(19)20)9-14(10)18-13-7-6-11-3-2-8-17-15(11)13/h2-5,8-9,13,18H,6-7H2,1H3,(H,19,20). The molecule has 1 aromatic heterocycles. The first kappa shape index (κ1) is 12.7. The summed E-state index contributed by atoms with van der Waals surface area (Å²) in [5.41, 5.74) is 4.56. The molecule has 2 aromatic rings. The van der Waals surface area contributed by atoms with Crippen LogP contribution in [0.25, 0.3) is 0 Å². The fourth-order valence-electron chi connectivity index (χ4n) is 2.65. The SMILES string of the molecule is Cc1ccc(C(=O)O)cc1NC1CCc2cccnc21. The Labute approximate surface area is 117 Å². The number of nitrogens with zero attached hydrogens (tertiary/aromatic N) is 1. The Hall–Kier alpha value is -2.36. The molecule has 1 unspecified atom stereocenters. The van der Waals surface area contributed by atoms with Gasteiger partial charge in [0.2, 0.25) is 0 Å². The number of aromatic nitrogens is 1. The highest BCUT2D eigenvalue weighted by atomic mass is 16.4. The number of carboxylic acids is 1. The highest BCUT2D eigenvalue weighted by Crippen LogP contribution is 2.33. The molecule has 2 N–H and O–H groups in total. The Morgan fingerprint density at radius 1 is 1.40 bits per heavy atom. The van der Waals surface area contributed by atoms with E-state index in [4.69, 9.17) is 5.11 Å². The number of anilines is 1. The number of hydrogen-bond donors (Lipinski definition) is 2. The summed E-state index contributed by atoms with van der Waals surface area (Å²) in [5, 5.41) is 12.5. The monoisotopic (exact) mass is 268 g/mol. The third-order valence-corrected chi connectivity index (χ3v) is 3.77. The van der Waals surface area contributed by atoms with E-state index in [0.29, 0.717) is 5.56 Å². The predicted octanol–water partition coefficient (Wildman–Crippen LogP) is 3.19. The van der Waals surface area contributed by atoms with Crippen molar-refractivity contribution in [1.29, 1.82) is 0 Å². The van der Waals surface area contributed by atoms with Crippen LogP contribution in [0, 0.1) is 6.92 Å². The molecule has 1 heterocycles. The van der Waals surface area contributed by atoms with E-state index < -0.39 is 5.97 Å². The molecule has 0 aliphatic heterocycles. The summed E-state index contributed by atoms with van der Waals surface area (Å²) in [7, 11) is 0. The maximum atomic E-state index is 11.1. The Kier molecular flexibility index (Phi) is 3.14. The van der Waals surface area contributed by atoms with Gasteiger partial charge in [0.15, 0.2) is 0 Å². The Morgan fingerprint density at radius 3 is 3.05 bits per heavy atom. The van der Waals surface area contributed by atoms with Crippen molar-refractivity contribution < 1.29 is 9.90 Å². The zero-order valence-corrected chi connectivity index (χ0v) is 11.3. The molecule has 0 saturated carbocycles. The van der Waals surface area contributed by atoms with Gasteiger partial charge in [0, 0.05) is 11.9 Å². The van der Waals surface area contributed by atoms with Gasteiger partial charge < -0.3 is 10.4 Å². The number of rotatable bonds is 3. The van der Waals surface area contributed by atoms with Gasteiger partial charge in [0.05, 0.1) is 17.3 Å². The van der Waals surface area contributed by atoms with Gasteiger partial charge in [-0.1, -0.05) is 12.1 Å². The van der Waals surface area contributed by atoms with Crippen LogP contribution >= 0.6 is 0 Å². The molecule has 0 spiro atoms. The second-order valence-electron chi connectivity index (χ2n) is 5.12. The minimum atomic E-state index is -0.905. The summed E-state index contributed by atoms with van der Waals surface area (Å²) in [5.74, 6) is -0.905. The number of benzene rings is 1. The molecular formula is C16H16N2O2. The van der Waals surface area contributed by atoms with Crippen LogP contribution in [0.15, 0.2) is 36.5 Å². The van der Waals surface area contributed by atoms with Crippen molar-refractivity contribution in [2.24, 2.45) is 0 Å². The Bertz CT molecular complexity index is 667. The van der Waals surface area contributed by atoms with Crippen LogP contribution in [0.3, 0.4) is 0 Å². The van der Waals surface area contributed by atoms with Crippen LogP contribution < -0.4 is 5.32 Å². The topological polar surface area (TPSA) is 62.2 Å². The van der Waals surface area contributed by atoms with Crippen molar-refractivity contribution in [3.63, 3.8) is 0 Å². The van der Waals surface area contributed by atoms with Crippen LogP contribution in [0.5, 0.6) is 0 Å². The normalized spacial score (nSPS) is 16.8. The molecule has 0 fully saturated rings. The smallest absolute Gasteiger partial charge is 0.335 e. The van der Waals surface area contributed by atoms with Crippen LogP contribution in [-0.4, -0.2) is 16.1 Å². The largest absolute Gasteiger partial charge is 0.478 e. The van der Waals surface area contributed by atoms with E-state index >= 15 is 0 Å². The summed E-state index contributed by atoms with van der Waals surface area (Å²) in [6.45, 7) is 1.97. The minimum Gasteiger partial charge on any atom is -0.478 e. The van der Waals surface area contributed by atoms with Gasteiger partial charge in [0.1, 0.15) is 0 Å². The lowest BCUT2D eigenvalue weighted by molar-refractivity contribution is 0.0697. The van der Waals surface area contributed by atoms with E-state index in [2.05, 4.69) is 16.4 Å². The number of fused-ring (bicyclic) bond motifs is 1. The molecular weight excluding hydrogens is 252 g/mol. The summed E-state index contributed by atoms with van der Waals surface area (Å²) >= 11 is 0. The first-order valence-electron chi connectivity index (χ1n) is 6.69. The van der Waals surface area contributed by atoms with Crippen LogP contribution in [0.2, 0.25) is 0 Å². The molecule has 0 radical (unpaired) electrons. The van der Waals surface area contributed by atoms with Crippen LogP contribution in [0.4, 0.5) is 5.69 Å². The van der Waals surface area contributed by atoms with Gasteiger partial charge in [-0.25, -0.2) is 4.79 Å². The van der Waals surface area contributed by atoms with Gasteiger partial charge in [-0.2, -0.15) is 0 Å². The lowest BCUT2D eigenvalue weighted by Gasteiger charge is -2.17. The number of pyridine rings is 1. The molecule has 102 valence electrons. The van der Waals surface area contributed by atoms with Crippen molar-refractivity contribution >= 4 is 11.7 Å². The fraction of sp³-hybridized carbons (Fsp3) is 0.250. The van der Waals surface area contributed by atoms with E-state index in [9.17, 15) is 4.79 Å². The first-order valence-corrected chi connectivity index (χ1v) is 6.69. The second-order valence-corrected chi connectivity index (χ2v) is 5.12. The lowest BCUT2D eigenvalue weighted by atomic mass is 10.1. The number of aromatic carboxylic acids is 1. The Morgan fingerprint density at radius 2 is 2.25 bits per heavy atom. The minimum absolute atomic E-state index is 0.161. The molecule has 1 aliphatic carbocycles. The van der Waals surface area contributed by atoms with Gasteiger partial charge in [-0.05, 0) is 49.1 Å². The van der Waals surface area contributed by atoms with Crippen molar-refractivity contribution in [2.45, 2.75) is 25.8 Å². The molecule has 4 heteroatoms. The molecule has 0 bridgehead atoms. The van der Waals surface area contributed by atoms with Crippen LogP contribution in [0.1, 0.15) is 39.6 Å². The highest BCUT2D eigenvalue weighted by Gasteiger charge is 2.23. The van der Waals surface area contributed by atoms with Gasteiger partial charge >= 0.3 is 5.97 Å². The zero-order chi connectivity index (χ0) is 14.1. The molecule has 1 aromatic carbocycles. The molecule has 1 aliphatic rings. The first-order chi connectivity index (χ1) is 9.65. The van der Waals surface area contributed by atoms with E-state index in [1.807, 2.05) is 19.1 Å². The van der Waals surface area contributed by atoms with E-state index in [1.54, 1.807) is 18.3 Å². The third kappa shape index (κ3) is 2.25. The average Bonchev–Trinajstić information content (AvgIpc) is 2.84. The van der Waals surface area contributed by atoms with Crippen molar-refractivity contribution in [3.8, 4) is 0 Å². The van der Waals surface area contributed by atoms with Gasteiger partial charge in [0.25, 0.3) is 0 Å². The molecule has 3 rings (SSSR count). The maximum Gasteiger partial charge on any atom is 0.335 e. The van der Waals surface area contributed by atoms with E-state index in [-0.39, 0.29) is 6.04 Å². The lowest BCUT2D eigenvalue weighted by Crippen LogP contribution is -2.10. The molecule has 0 amide bonds. The fourth-order valence-corrected chi connectivity index (χ4v) is 2.65. The zero-order valence-electron chi connectivity index (χ0n) is 11.3. The van der Waals surface area contributed by atoms with Crippen molar-refractivity contribution in [1.82, 2.24) is 4.98 Å². The molecule has 0 saturated heterocycles. The summed E-state index contributed by atoms with van der Waals surface area (Å²) in [4.78, 5) is 15.5. The quantitative estimate of drug-likeness (QED) is 0.897. The highest BCUT2D eigenvalue weighted by molar-refractivity contribution is 5.89. The number of carbonyl (C=O) groups is 1. The van der Waals surface area contributed by atoms with Crippen LogP contribution in [-0.2, 0) is 6.42 Å². The van der Waals surface area contributed by atoms with Crippen molar-refractivity contribution in [3.05, 3.63) is 58.9 Å². The van der Waals surface area contributed by atoms with Gasteiger partial charge in [-0.15, -0.1) is 0 Å². The van der Waals surface area contributed by atoms with Gasteiger partial charge in [-0.3, -0.25) is 4.98 Å². The molecule has 1 atom stereocenters. The predicted molar refractivity (Wildman–Crippen MR) is 77.1 cm³/mol. The second kappa shape index (κ2) is 4.96. The molecule has 20 heavy (non-hydrogen) atoms.